The van der Waals surface area contributed by atoms with Crippen LogP contribution in [0.5, 0.6) is 0 Å². The number of hydrogen-bond acceptors (Lipinski definition) is 4. The summed E-state index contributed by atoms with van der Waals surface area (Å²) in [5, 5.41) is 3.32. The van der Waals surface area contributed by atoms with Gasteiger partial charge in [0, 0.05) is 32.0 Å². The molecule has 6 nitrogen and oxygen atoms in total. The molecule has 0 bridgehead atoms. The molecule has 0 saturated carbocycles. The standard InChI is InChI=1S/C32H38N4O2/c1-25(27-10-4-2-5-11-27)30(37)34-29(28-12-6-3-7-13-28)14-19-35-20-15-32(16-21-35)17-22-36(31(32)38)24-26-9-8-18-33-23-26/h2-13,18,23,25,29H,14-17,19-22,24H2,1H3,(H,34,37)/t25-,29+/m0/s1. The predicted molar refractivity (Wildman–Crippen MR) is 149 cm³/mol. The van der Waals surface area contributed by atoms with Crippen LogP contribution in [0.15, 0.2) is 85.2 Å². The number of carbonyl (C=O) groups is 2. The highest BCUT2D eigenvalue weighted by Gasteiger charge is 2.47. The number of piperidine rings is 1. The minimum atomic E-state index is -0.211. The molecule has 2 fully saturated rings. The van der Waals surface area contributed by atoms with E-state index in [0.717, 1.165) is 68.6 Å². The number of carbonyl (C=O) groups excluding carboxylic acids is 2. The first kappa shape index (κ1) is 26.1. The van der Waals surface area contributed by atoms with Crippen LogP contribution in [0.2, 0.25) is 0 Å². The Morgan fingerprint density at radius 2 is 1.58 bits per heavy atom. The maximum atomic E-state index is 13.4. The van der Waals surface area contributed by atoms with Crippen molar-refractivity contribution in [2.75, 3.05) is 26.2 Å². The molecule has 3 heterocycles. The molecule has 38 heavy (non-hydrogen) atoms. The minimum absolute atomic E-state index is 0.0474. The zero-order valence-electron chi connectivity index (χ0n) is 22.3. The second-order valence-electron chi connectivity index (χ2n) is 10.9. The normalized spacial score (nSPS) is 18.9. The molecule has 0 unspecified atom stereocenters. The summed E-state index contributed by atoms with van der Waals surface area (Å²) in [6.45, 7) is 6.17. The van der Waals surface area contributed by atoms with Crippen molar-refractivity contribution >= 4 is 11.8 Å². The van der Waals surface area contributed by atoms with Crippen molar-refractivity contribution in [2.45, 2.75) is 51.1 Å². The smallest absolute Gasteiger partial charge is 0.229 e. The Balaban J connectivity index is 1.16. The van der Waals surface area contributed by atoms with Crippen molar-refractivity contribution < 1.29 is 9.59 Å². The molecule has 2 amide bonds. The summed E-state index contributed by atoms with van der Waals surface area (Å²) in [4.78, 5) is 35.2. The largest absolute Gasteiger partial charge is 0.349 e. The highest BCUT2D eigenvalue weighted by atomic mass is 16.2. The number of rotatable bonds is 9. The van der Waals surface area contributed by atoms with Crippen molar-refractivity contribution in [3.8, 4) is 0 Å². The van der Waals surface area contributed by atoms with E-state index in [-0.39, 0.29) is 23.3 Å². The van der Waals surface area contributed by atoms with Crippen molar-refractivity contribution in [1.29, 1.82) is 0 Å². The molecule has 2 aromatic carbocycles. The van der Waals surface area contributed by atoms with Gasteiger partial charge in [-0.05, 0) is 68.5 Å². The van der Waals surface area contributed by atoms with Crippen LogP contribution in [-0.4, -0.2) is 52.8 Å². The first-order valence-corrected chi connectivity index (χ1v) is 13.8. The van der Waals surface area contributed by atoms with Crippen molar-refractivity contribution in [3.63, 3.8) is 0 Å². The van der Waals surface area contributed by atoms with Gasteiger partial charge in [0.25, 0.3) is 0 Å². The van der Waals surface area contributed by atoms with Crippen molar-refractivity contribution in [3.05, 3.63) is 102 Å². The number of nitrogens with one attached hydrogen (secondary N) is 1. The highest BCUT2D eigenvalue weighted by molar-refractivity contribution is 5.85. The maximum Gasteiger partial charge on any atom is 0.229 e. The van der Waals surface area contributed by atoms with Gasteiger partial charge in [-0.25, -0.2) is 0 Å². The first-order valence-electron chi connectivity index (χ1n) is 13.8. The topological polar surface area (TPSA) is 65.5 Å². The fraction of sp³-hybridized carbons (Fsp3) is 0.406. The van der Waals surface area contributed by atoms with Crippen LogP contribution < -0.4 is 5.32 Å². The molecule has 2 atom stereocenters. The van der Waals surface area contributed by atoms with Crippen LogP contribution in [0.1, 0.15) is 61.3 Å². The van der Waals surface area contributed by atoms with Crippen LogP contribution in [0, 0.1) is 5.41 Å². The van der Waals surface area contributed by atoms with Crippen LogP contribution in [0.25, 0.3) is 0 Å². The Bertz CT molecular complexity index is 1190. The Morgan fingerprint density at radius 3 is 2.24 bits per heavy atom. The summed E-state index contributed by atoms with van der Waals surface area (Å²) >= 11 is 0. The van der Waals surface area contributed by atoms with Gasteiger partial charge in [-0.1, -0.05) is 66.7 Å². The minimum Gasteiger partial charge on any atom is -0.349 e. The van der Waals surface area contributed by atoms with E-state index in [1.165, 1.54) is 0 Å². The quantitative estimate of drug-likeness (QED) is 0.443. The van der Waals surface area contributed by atoms with E-state index in [2.05, 4.69) is 27.3 Å². The number of aromatic nitrogens is 1. The first-order chi connectivity index (χ1) is 18.5. The lowest BCUT2D eigenvalue weighted by Gasteiger charge is -2.38. The number of pyridine rings is 1. The lowest BCUT2D eigenvalue weighted by molar-refractivity contribution is -0.139. The molecule has 2 aliphatic rings. The van der Waals surface area contributed by atoms with Crippen molar-refractivity contribution in [1.82, 2.24) is 20.1 Å². The Hall–Kier alpha value is -3.51. The summed E-state index contributed by atoms with van der Waals surface area (Å²) in [5.41, 5.74) is 3.03. The average Bonchev–Trinajstić information content (AvgIpc) is 3.26. The van der Waals surface area contributed by atoms with Crippen LogP contribution in [-0.2, 0) is 16.1 Å². The summed E-state index contributed by atoms with van der Waals surface area (Å²) in [7, 11) is 0. The monoisotopic (exact) mass is 510 g/mol. The van der Waals surface area contributed by atoms with Gasteiger partial charge in [-0.15, -0.1) is 0 Å². The van der Waals surface area contributed by atoms with Gasteiger partial charge < -0.3 is 15.1 Å². The Morgan fingerprint density at radius 1 is 0.921 bits per heavy atom. The number of amides is 2. The summed E-state index contributed by atoms with van der Waals surface area (Å²) in [6.07, 6.45) is 7.21. The average molecular weight is 511 g/mol. The van der Waals surface area contributed by atoms with E-state index in [1.807, 2.05) is 78.7 Å². The second-order valence-corrected chi connectivity index (χ2v) is 10.9. The van der Waals surface area contributed by atoms with Gasteiger partial charge in [0.15, 0.2) is 0 Å². The zero-order valence-corrected chi connectivity index (χ0v) is 22.3. The van der Waals surface area contributed by atoms with Gasteiger partial charge >= 0.3 is 0 Å². The van der Waals surface area contributed by atoms with E-state index >= 15 is 0 Å². The van der Waals surface area contributed by atoms with E-state index in [1.54, 1.807) is 6.20 Å². The molecule has 2 aliphatic heterocycles. The predicted octanol–water partition coefficient (Wildman–Crippen LogP) is 4.95. The van der Waals surface area contributed by atoms with Crippen LogP contribution in [0.4, 0.5) is 0 Å². The molecule has 6 heteroatoms. The maximum absolute atomic E-state index is 13.4. The number of nitrogens with zero attached hydrogens (tertiary/aromatic N) is 3. The SMILES string of the molecule is C[C@H](C(=O)N[C@H](CCN1CCC2(CC1)CCN(Cc1cccnc1)C2=O)c1ccccc1)c1ccccc1. The van der Waals surface area contributed by atoms with Gasteiger partial charge in [0.05, 0.1) is 17.4 Å². The van der Waals surface area contributed by atoms with Crippen LogP contribution >= 0.6 is 0 Å². The summed E-state index contributed by atoms with van der Waals surface area (Å²) in [6, 6.07) is 24.1. The molecule has 1 aromatic heterocycles. The van der Waals surface area contributed by atoms with E-state index in [9.17, 15) is 9.59 Å². The molecule has 5 rings (SSSR count). The summed E-state index contributed by atoms with van der Waals surface area (Å²) in [5.74, 6) is 0.151. The molecular formula is C32H38N4O2. The third kappa shape index (κ3) is 5.97. The molecule has 1 spiro atoms. The van der Waals surface area contributed by atoms with Gasteiger partial charge in [0.1, 0.15) is 0 Å². The molecule has 2 saturated heterocycles. The lowest BCUT2D eigenvalue weighted by Crippen LogP contribution is -2.45. The second kappa shape index (κ2) is 11.9. The molecule has 0 radical (unpaired) electrons. The van der Waals surface area contributed by atoms with E-state index in [4.69, 9.17) is 0 Å². The fourth-order valence-corrected chi connectivity index (χ4v) is 5.93. The summed E-state index contributed by atoms with van der Waals surface area (Å²) < 4.78 is 0. The number of hydrogen-bond donors (Lipinski definition) is 1. The zero-order chi connectivity index (χ0) is 26.4. The fourth-order valence-electron chi connectivity index (χ4n) is 5.93. The van der Waals surface area contributed by atoms with E-state index in [0.29, 0.717) is 12.5 Å². The highest BCUT2D eigenvalue weighted by Crippen LogP contribution is 2.42. The number of likely N-dealkylation sites (tertiary alicyclic amines) is 2. The molecular weight excluding hydrogens is 472 g/mol. The molecule has 0 aliphatic carbocycles. The number of benzene rings is 2. The Kier molecular flexibility index (Phi) is 8.18. The Labute approximate surface area is 226 Å². The third-order valence-electron chi connectivity index (χ3n) is 8.46. The lowest BCUT2D eigenvalue weighted by atomic mass is 9.77. The van der Waals surface area contributed by atoms with Crippen molar-refractivity contribution in [2.24, 2.45) is 5.41 Å². The van der Waals surface area contributed by atoms with Gasteiger partial charge in [-0.2, -0.15) is 0 Å². The van der Waals surface area contributed by atoms with Crippen LogP contribution in [0.3, 0.4) is 0 Å². The van der Waals surface area contributed by atoms with E-state index < -0.39 is 0 Å². The van der Waals surface area contributed by atoms with Gasteiger partial charge in [-0.3, -0.25) is 14.6 Å². The molecule has 3 aromatic rings. The van der Waals surface area contributed by atoms with Gasteiger partial charge in [0.2, 0.25) is 11.8 Å². The third-order valence-corrected chi connectivity index (χ3v) is 8.46. The molecule has 1 N–H and O–H groups in total. The molecule has 198 valence electrons.